The average molecular weight is 556 g/mol. The highest BCUT2D eigenvalue weighted by Crippen LogP contribution is 2.17. The molecule has 230 valence electrons. The summed E-state index contributed by atoms with van der Waals surface area (Å²) in [6.45, 7) is 9.48. The van der Waals surface area contributed by atoms with Gasteiger partial charge in [-0.2, -0.15) is 0 Å². The highest BCUT2D eigenvalue weighted by Gasteiger charge is 2.17. The molecule has 0 bridgehead atoms. The molecule has 0 saturated heterocycles. The van der Waals surface area contributed by atoms with Crippen molar-refractivity contribution in [2.45, 2.75) is 201 Å². The van der Waals surface area contributed by atoms with Crippen molar-refractivity contribution in [2.24, 2.45) is 0 Å². The number of unbranched alkanes of at least 4 members (excludes halogenated alkanes) is 26. The molecule has 0 unspecified atom stereocenters. The SMILES string of the molecule is CC=C[N+](C)(CCCCCCCCCCCCCCCC)CCCCCCCCCCCCCCCC.[Cl-]. The Hall–Kier alpha value is -0.0100. The fourth-order valence-electron chi connectivity index (χ4n) is 5.96. The minimum absolute atomic E-state index is 0. The lowest BCUT2D eigenvalue weighted by atomic mass is 10.0. The smallest absolute Gasteiger partial charge is 0.0913 e. The van der Waals surface area contributed by atoms with Crippen LogP contribution in [-0.4, -0.2) is 24.6 Å². The standard InChI is InChI=1S/C36H74N.ClH/c1-5-8-10-12-14-16-18-20-22-24-26-28-30-32-35-37(4,34-7-3)36-33-31-29-27-25-23-21-19-17-15-13-11-9-6-2;/h7,34H,5-6,8-33,35-36H2,1-4H3;1H/q+1;/p-1. The fourth-order valence-corrected chi connectivity index (χ4v) is 5.96. The molecule has 0 aliphatic carbocycles. The quantitative estimate of drug-likeness (QED) is 0.0589. The van der Waals surface area contributed by atoms with Crippen LogP contribution in [0.4, 0.5) is 0 Å². The first-order valence-electron chi connectivity index (χ1n) is 17.7. The molecule has 2 heteroatoms. The predicted octanol–water partition coefficient (Wildman–Crippen LogP) is 9.93. The number of nitrogens with zero attached hydrogens (tertiary/aromatic N) is 1. The van der Waals surface area contributed by atoms with Crippen LogP contribution in [0.15, 0.2) is 12.3 Å². The third-order valence-corrected chi connectivity index (χ3v) is 8.55. The molecule has 1 nitrogen and oxygen atoms in total. The Morgan fingerprint density at radius 1 is 0.368 bits per heavy atom. The number of hydrogen-bond acceptors (Lipinski definition) is 0. The van der Waals surface area contributed by atoms with Crippen LogP contribution in [0.5, 0.6) is 0 Å². The van der Waals surface area contributed by atoms with E-state index in [1.807, 2.05) is 0 Å². The van der Waals surface area contributed by atoms with Crippen LogP contribution in [0, 0.1) is 0 Å². The summed E-state index contributed by atoms with van der Waals surface area (Å²) in [4.78, 5) is 0. The van der Waals surface area contributed by atoms with Crippen molar-refractivity contribution in [1.82, 2.24) is 0 Å². The van der Waals surface area contributed by atoms with Crippen LogP contribution in [0.25, 0.3) is 0 Å². The van der Waals surface area contributed by atoms with Gasteiger partial charge < -0.3 is 12.4 Å². The van der Waals surface area contributed by atoms with Crippen molar-refractivity contribution in [1.29, 1.82) is 0 Å². The second kappa shape index (κ2) is 33.2. The summed E-state index contributed by atoms with van der Waals surface area (Å²) in [5, 5.41) is 0. The Kier molecular flexibility index (Phi) is 35.1. The molecule has 0 rings (SSSR count). The molecule has 0 radical (unpaired) electrons. The molecule has 0 aromatic carbocycles. The highest BCUT2D eigenvalue weighted by molar-refractivity contribution is 4.68. The molecular formula is C36H74ClN. The largest absolute Gasteiger partial charge is 1.00 e. The van der Waals surface area contributed by atoms with E-state index in [4.69, 9.17) is 0 Å². The monoisotopic (exact) mass is 556 g/mol. The fraction of sp³-hybridized carbons (Fsp3) is 0.944. The Labute approximate surface area is 249 Å². The zero-order chi connectivity index (χ0) is 27.1. The third-order valence-electron chi connectivity index (χ3n) is 8.55. The van der Waals surface area contributed by atoms with Crippen LogP contribution in [0.2, 0.25) is 0 Å². The van der Waals surface area contributed by atoms with Crippen molar-refractivity contribution >= 4 is 0 Å². The van der Waals surface area contributed by atoms with Crippen molar-refractivity contribution in [3.63, 3.8) is 0 Å². The van der Waals surface area contributed by atoms with Crippen LogP contribution in [0.1, 0.15) is 201 Å². The summed E-state index contributed by atoms with van der Waals surface area (Å²) in [6, 6.07) is 0. The van der Waals surface area contributed by atoms with E-state index in [1.54, 1.807) is 0 Å². The van der Waals surface area contributed by atoms with E-state index >= 15 is 0 Å². The molecule has 0 amide bonds. The first kappa shape index (κ1) is 40.1. The maximum atomic E-state index is 2.46. The molecular weight excluding hydrogens is 482 g/mol. The van der Waals surface area contributed by atoms with Gasteiger partial charge in [0.15, 0.2) is 0 Å². The average Bonchev–Trinajstić information content (AvgIpc) is 2.89. The molecule has 0 N–H and O–H groups in total. The van der Waals surface area contributed by atoms with Gasteiger partial charge in [-0.1, -0.05) is 168 Å². The lowest BCUT2D eigenvalue weighted by Gasteiger charge is -2.30. The summed E-state index contributed by atoms with van der Waals surface area (Å²) in [6.07, 6.45) is 45.4. The van der Waals surface area contributed by atoms with Gasteiger partial charge in [0.05, 0.1) is 26.3 Å². The van der Waals surface area contributed by atoms with E-state index in [1.165, 1.54) is 193 Å². The van der Waals surface area contributed by atoms with Crippen LogP contribution >= 0.6 is 0 Å². The molecule has 0 heterocycles. The maximum absolute atomic E-state index is 2.46. The first-order chi connectivity index (χ1) is 18.2. The molecule has 0 aliphatic rings. The third kappa shape index (κ3) is 30.5. The summed E-state index contributed by atoms with van der Waals surface area (Å²) in [7, 11) is 2.46. The van der Waals surface area contributed by atoms with E-state index in [9.17, 15) is 0 Å². The normalized spacial score (nSPS) is 11.9. The molecule has 0 fully saturated rings. The number of allylic oxidation sites excluding steroid dienone is 1. The Morgan fingerprint density at radius 3 is 0.789 bits per heavy atom. The van der Waals surface area contributed by atoms with Gasteiger partial charge in [0, 0.05) is 0 Å². The Morgan fingerprint density at radius 2 is 0.579 bits per heavy atom. The number of hydrogen-bond donors (Lipinski definition) is 0. The highest BCUT2D eigenvalue weighted by atomic mass is 35.5. The summed E-state index contributed by atoms with van der Waals surface area (Å²) >= 11 is 0. The summed E-state index contributed by atoms with van der Waals surface area (Å²) < 4.78 is 1.16. The van der Waals surface area contributed by atoms with Gasteiger partial charge in [-0.3, -0.25) is 4.48 Å². The van der Waals surface area contributed by atoms with Gasteiger partial charge in [-0.25, -0.2) is 0 Å². The Balaban J connectivity index is 0. The van der Waals surface area contributed by atoms with Gasteiger partial charge >= 0.3 is 0 Å². The maximum Gasteiger partial charge on any atom is 0.0913 e. The zero-order valence-corrected chi connectivity index (χ0v) is 27.9. The topological polar surface area (TPSA) is 0 Å². The summed E-state index contributed by atoms with van der Waals surface area (Å²) in [5.74, 6) is 0. The van der Waals surface area contributed by atoms with Crippen LogP contribution < -0.4 is 12.4 Å². The molecule has 0 aromatic heterocycles. The minimum Gasteiger partial charge on any atom is -1.00 e. The van der Waals surface area contributed by atoms with E-state index in [0.29, 0.717) is 0 Å². The van der Waals surface area contributed by atoms with E-state index in [-0.39, 0.29) is 12.4 Å². The van der Waals surface area contributed by atoms with E-state index < -0.39 is 0 Å². The van der Waals surface area contributed by atoms with Gasteiger partial charge in [-0.15, -0.1) is 0 Å². The van der Waals surface area contributed by atoms with Crippen LogP contribution in [0.3, 0.4) is 0 Å². The second-order valence-electron chi connectivity index (χ2n) is 12.6. The molecule has 0 aliphatic heterocycles. The summed E-state index contributed by atoms with van der Waals surface area (Å²) in [5.41, 5.74) is 0. The molecule has 0 spiro atoms. The van der Waals surface area contributed by atoms with E-state index in [2.05, 4.69) is 40.1 Å². The van der Waals surface area contributed by atoms with Gasteiger partial charge in [0.2, 0.25) is 0 Å². The van der Waals surface area contributed by atoms with Gasteiger partial charge in [-0.05, 0) is 38.7 Å². The lowest BCUT2D eigenvalue weighted by molar-refractivity contribution is -0.860. The van der Waals surface area contributed by atoms with Gasteiger partial charge in [0.25, 0.3) is 0 Å². The lowest BCUT2D eigenvalue weighted by Crippen LogP contribution is -3.00. The number of halogens is 1. The van der Waals surface area contributed by atoms with Gasteiger partial charge in [0.1, 0.15) is 0 Å². The molecule has 0 aromatic rings. The number of rotatable bonds is 31. The second-order valence-corrected chi connectivity index (χ2v) is 12.6. The molecule has 0 saturated carbocycles. The van der Waals surface area contributed by atoms with Crippen LogP contribution in [-0.2, 0) is 0 Å². The number of quaternary nitrogens is 1. The predicted molar refractivity (Wildman–Crippen MR) is 171 cm³/mol. The first-order valence-corrected chi connectivity index (χ1v) is 17.7. The molecule has 0 atom stereocenters. The van der Waals surface area contributed by atoms with Crippen molar-refractivity contribution in [2.75, 3.05) is 20.1 Å². The van der Waals surface area contributed by atoms with Crippen molar-refractivity contribution in [3.05, 3.63) is 12.3 Å². The van der Waals surface area contributed by atoms with E-state index in [0.717, 1.165) is 4.48 Å². The molecule has 38 heavy (non-hydrogen) atoms. The van der Waals surface area contributed by atoms with Crippen molar-refractivity contribution in [3.8, 4) is 0 Å². The minimum atomic E-state index is 0. The zero-order valence-electron chi connectivity index (χ0n) is 27.2. The Bertz CT molecular complexity index is 415. The van der Waals surface area contributed by atoms with Crippen molar-refractivity contribution < 1.29 is 16.9 Å².